The summed E-state index contributed by atoms with van der Waals surface area (Å²) in [5.74, 6) is 0. The fourth-order valence-electron chi connectivity index (χ4n) is 11.0. The van der Waals surface area contributed by atoms with Crippen molar-refractivity contribution in [3.05, 3.63) is 231 Å². The zero-order valence-electron chi connectivity index (χ0n) is 34.8. The highest BCUT2D eigenvalue weighted by Gasteiger charge is 2.23. The molecule has 1 aliphatic carbocycles. The second-order valence-electron chi connectivity index (χ2n) is 17.2. The van der Waals surface area contributed by atoms with Crippen molar-refractivity contribution in [2.24, 2.45) is 0 Å². The SMILES string of the molecule is c1ccc(-n2c3cc(-c4ccc5c6ccccc6n(-c6ccc(-c7ccccc7-c7ccc8c(c7)-c7cccc9cccc-8c79)cc6)c5c4)ccc3c3ccc4ccccc4c32)cc1. The quantitative estimate of drug-likeness (QED) is 0.164. The average molecular weight is 811 g/mol. The topological polar surface area (TPSA) is 9.86 Å². The molecule has 0 unspecified atom stereocenters. The van der Waals surface area contributed by atoms with E-state index < -0.39 is 0 Å². The van der Waals surface area contributed by atoms with Gasteiger partial charge in [0, 0.05) is 38.3 Å². The molecular weight excluding hydrogens is 773 g/mol. The van der Waals surface area contributed by atoms with Crippen LogP contribution in [0, 0.1) is 0 Å². The van der Waals surface area contributed by atoms with Crippen molar-refractivity contribution < 1.29 is 0 Å². The summed E-state index contributed by atoms with van der Waals surface area (Å²) < 4.78 is 4.89. The molecule has 2 heterocycles. The molecule has 64 heavy (non-hydrogen) atoms. The average Bonchev–Trinajstić information content (AvgIpc) is 4.00. The summed E-state index contributed by atoms with van der Waals surface area (Å²) in [5.41, 5.74) is 19.7. The number of hydrogen-bond acceptors (Lipinski definition) is 0. The van der Waals surface area contributed by atoms with E-state index in [1.54, 1.807) is 0 Å². The van der Waals surface area contributed by atoms with Crippen LogP contribution in [0.25, 0.3) is 132 Å². The lowest BCUT2D eigenvalue weighted by Crippen LogP contribution is -1.95. The maximum atomic E-state index is 2.45. The molecule has 0 atom stereocenters. The van der Waals surface area contributed by atoms with Crippen molar-refractivity contribution >= 4 is 65.2 Å². The molecule has 14 rings (SSSR count). The molecule has 13 aromatic rings. The third-order valence-electron chi connectivity index (χ3n) is 13.9. The molecule has 0 N–H and O–H groups in total. The molecule has 0 saturated carbocycles. The zero-order chi connectivity index (χ0) is 41.9. The third kappa shape index (κ3) is 5.08. The van der Waals surface area contributed by atoms with Gasteiger partial charge in [-0.05, 0) is 120 Å². The monoisotopic (exact) mass is 810 g/mol. The first-order valence-corrected chi connectivity index (χ1v) is 22.2. The van der Waals surface area contributed by atoms with Gasteiger partial charge in [-0.25, -0.2) is 0 Å². The van der Waals surface area contributed by atoms with Gasteiger partial charge in [-0.2, -0.15) is 0 Å². The largest absolute Gasteiger partial charge is 0.309 e. The van der Waals surface area contributed by atoms with E-state index in [1.165, 1.54) is 121 Å². The molecule has 0 amide bonds. The number of para-hydroxylation sites is 2. The highest BCUT2D eigenvalue weighted by molar-refractivity contribution is 6.20. The summed E-state index contributed by atoms with van der Waals surface area (Å²) in [5, 5.41) is 10.2. The lowest BCUT2D eigenvalue weighted by Gasteiger charge is -2.14. The van der Waals surface area contributed by atoms with E-state index in [0.29, 0.717) is 0 Å². The highest BCUT2D eigenvalue weighted by atomic mass is 15.0. The summed E-state index contributed by atoms with van der Waals surface area (Å²) >= 11 is 0. The standard InChI is InChI=1S/C62H38N2/c1-2-15-45(16-3-1)64-60-38-43(28-34-53(60)56-35-26-39-12-4-5-19-49(39)62(56)64)42-27-33-52-51-20-8-9-23-58(51)63(59(52)37-42)46-30-24-40(25-31-46)47-17-6-7-18-48(47)44-29-32-50-54-21-10-13-41-14-11-22-55(61(41)54)57(50)36-44/h1-38H. The molecule has 0 saturated heterocycles. The molecule has 0 radical (unpaired) electrons. The Morgan fingerprint density at radius 2 is 0.766 bits per heavy atom. The predicted octanol–water partition coefficient (Wildman–Crippen LogP) is 16.8. The first kappa shape index (κ1) is 35.2. The van der Waals surface area contributed by atoms with Crippen LogP contribution in [0.4, 0.5) is 0 Å². The molecule has 1 aliphatic rings. The van der Waals surface area contributed by atoms with Gasteiger partial charge < -0.3 is 9.13 Å². The molecule has 2 nitrogen and oxygen atoms in total. The van der Waals surface area contributed by atoms with Crippen molar-refractivity contribution in [1.82, 2.24) is 9.13 Å². The molecule has 11 aromatic carbocycles. The van der Waals surface area contributed by atoms with Crippen LogP contribution in [0.15, 0.2) is 231 Å². The Morgan fingerprint density at radius 3 is 1.55 bits per heavy atom. The molecule has 0 aliphatic heterocycles. The number of hydrogen-bond donors (Lipinski definition) is 0. The first-order valence-electron chi connectivity index (χ1n) is 22.2. The maximum Gasteiger partial charge on any atom is 0.0619 e. The van der Waals surface area contributed by atoms with Gasteiger partial charge in [-0.15, -0.1) is 0 Å². The molecular formula is C62H38N2. The van der Waals surface area contributed by atoms with Crippen LogP contribution in [-0.2, 0) is 0 Å². The summed E-state index contributed by atoms with van der Waals surface area (Å²) in [6, 6.07) is 85.2. The van der Waals surface area contributed by atoms with Gasteiger partial charge in [-0.3, -0.25) is 0 Å². The van der Waals surface area contributed by atoms with Crippen molar-refractivity contribution in [1.29, 1.82) is 0 Å². The van der Waals surface area contributed by atoms with Gasteiger partial charge in [-0.1, -0.05) is 182 Å². The number of nitrogens with zero attached hydrogens (tertiary/aromatic N) is 2. The minimum absolute atomic E-state index is 1.14. The first-order chi connectivity index (χ1) is 31.7. The van der Waals surface area contributed by atoms with Crippen LogP contribution in [0.5, 0.6) is 0 Å². The summed E-state index contributed by atoms with van der Waals surface area (Å²) in [7, 11) is 0. The second kappa shape index (κ2) is 13.5. The van der Waals surface area contributed by atoms with Gasteiger partial charge in [0.25, 0.3) is 0 Å². The van der Waals surface area contributed by atoms with E-state index >= 15 is 0 Å². The second-order valence-corrected chi connectivity index (χ2v) is 17.2. The van der Waals surface area contributed by atoms with E-state index in [-0.39, 0.29) is 0 Å². The lowest BCUT2D eigenvalue weighted by atomic mass is 9.92. The van der Waals surface area contributed by atoms with Crippen molar-refractivity contribution in [3.63, 3.8) is 0 Å². The van der Waals surface area contributed by atoms with Crippen LogP contribution < -0.4 is 0 Å². The Labute approximate surface area is 370 Å². The summed E-state index contributed by atoms with van der Waals surface area (Å²) in [6.45, 7) is 0. The Hall–Kier alpha value is -8.46. The Morgan fingerprint density at radius 1 is 0.234 bits per heavy atom. The van der Waals surface area contributed by atoms with Crippen LogP contribution >= 0.6 is 0 Å². The minimum atomic E-state index is 1.14. The molecule has 0 spiro atoms. The number of benzene rings is 11. The summed E-state index contributed by atoms with van der Waals surface area (Å²) in [6.07, 6.45) is 0. The van der Waals surface area contributed by atoms with Crippen LogP contribution in [-0.4, -0.2) is 9.13 Å². The normalized spacial score (nSPS) is 12.1. The Kier molecular flexibility index (Phi) is 7.43. The minimum Gasteiger partial charge on any atom is -0.309 e. The van der Waals surface area contributed by atoms with Gasteiger partial charge in [0.1, 0.15) is 0 Å². The van der Waals surface area contributed by atoms with E-state index in [9.17, 15) is 0 Å². The van der Waals surface area contributed by atoms with Crippen molar-refractivity contribution in [2.45, 2.75) is 0 Å². The number of rotatable bonds is 5. The Bertz CT molecular complexity index is 4050. The van der Waals surface area contributed by atoms with Crippen LogP contribution in [0.3, 0.4) is 0 Å². The van der Waals surface area contributed by atoms with E-state index in [0.717, 1.165) is 11.4 Å². The third-order valence-corrected chi connectivity index (χ3v) is 13.9. The summed E-state index contributed by atoms with van der Waals surface area (Å²) in [4.78, 5) is 0. The van der Waals surface area contributed by atoms with Gasteiger partial charge in [0.2, 0.25) is 0 Å². The van der Waals surface area contributed by atoms with Crippen LogP contribution in [0.2, 0.25) is 0 Å². The molecule has 2 aromatic heterocycles. The van der Waals surface area contributed by atoms with Crippen molar-refractivity contribution in [2.75, 3.05) is 0 Å². The lowest BCUT2D eigenvalue weighted by molar-refractivity contribution is 1.18. The fourth-order valence-corrected chi connectivity index (χ4v) is 11.0. The smallest absolute Gasteiger partial charge is 0.0619 e. The zero-order valence-corrected chi connectivity index (χ0v) is 34.8. The maximum absolute atomic E-state index is 2.45. The van der Waals surface area contributed by atoms with Gasteiger partial charge in [0.15, 0.2) is 0 Å². The number of aromatic nitrogens is 2. The van der Waals surface area contributed by atoms with Crippen LogP contribution in [0.1, 0.15) is 0 Å². The Balaban J connectivity index is 0.888. The molecule has 296 valence electrons. The number of fused-ring (bicyclic) bond motifs is 11. The fraction of sp³-hybridized carbons (Fsp3) is 0. The predicted molar refractivity (Wildman–Crippen MR) is 271 cm³/mol. The highest BCUT2D eigenvalue weighted by Crippen LogP contribution is 2.49. The van der Waals surface area contributed by atoms with Gasteiger partial charge in [0.05, 0.1) is 22.1 Å². The van der Waals surface area contributed by atoms with Crippen molar-refractivity contribution in [3.8, 4) is 67.0 Å². The molecule has 0 bridgehead atoms. The van der Waals surface area contributed by atoms with Gasteiger partial charge >= 0.3 is 0 Å². The molecule has 0 fully saturated rings. The van der Waals surface area contributed by atoms with E-state index in [4.69, 9.17) is 0 Å². The molecule has 2 heteroatoms. The van der Waals surface area contributed by atoms with E-state index in [1.807, 2.05) is 0 Å². The van der Waals surface area contributed by atoms with E-state index in [2.05, 4.69) is 240 Å².